The zero-order valence-corrected chi connectivity index (χ0v) is 11.8. The maximum Gasteiger partial charge on any atom is 0.406 e. The molecule has 0 bridgehead atoms. The summed E-state index contributed by atoms with van der Waals surface area (Å²) in [5.41, 5.74) is -0.963. The Balaban J connectivity index is 3.05. The van der Waals surface area contributed by atoms with Gasteiger partial charge in [-0.2, -0.15) is 13.2 Å². The van der Waals surface area contributed by atoms with Crippen molar-refractivity contribution < 1.29 is 32.3 Å². The van der Waals surface area contributed by atoms with Crippen molar-refractivity contribution in [3.05, 3.63) is 35.1 Å². The summed E-state index contributed by atoms with van der Waals surface area (Å²) in [5.74, 6) is -3.66. The Morgan fingerprint density at radius 3 is 2.36 bits per heavy atom. The first-order chi connectivity index (χ1) is 10.2. The quantitative estimate of drug-likeness (QED) is 0.818. The minimum absolute atomic E-state index is 0.158. The summed E-state index contributed by atoms with van der Waals surface area (Å²) in [6.07, 6.45) is -3.68. The number of alkyl halides is 3. The molecule has 0 fully saturated rings. The smallest absolute Gasteiger partial charge is 0.406 e. The number of hydrogen-bond acceptors (Lipinski definition) is 2. The van der Waals surface area contributed by atoms with Crippen LogP contribution >= 0.6 is 0 Å². The predicted molar refractivity (Wildman–Crippen MR) is 70.2 cm³/mol. The second-order valence-corrected chi connectivity index (χ2v) is 4.70. The van der Waals surface area contributed by atoms with Gasteiger partial charge in [0.05, 0.1) is 11.1 Å². The number of carbonyl (C=O) groups excluding carboxylic acids is 1. The molecular weight excluding hydrogens is 306 g/mol. The van der Waals surface area contributed by atoms with E-state index in [0.29, 0.717) is 23.8 Å². The van der Waals surface area contributed by atoms with E-state index < -0.39 is 36.0 Å². The van der Waals surface area contributed by atoms with E-state index in [9.17, 15) is 27.2 Å². The van der Waals surface area contributed by atoms with E-state index >= 15 is 0 Å². The molecule has 0 saturated heterocycles. The number of carbonyl (C=O) groups is 2. The Morgan fingerprint density at radius 2 is 1.91 bits per heavy atom. The molecule has 0 radical (unpaired) electrons. The molecule has 0 saturated carbocycles. The van der Waals surface area contributed by atoms with Crippen LogP contribution in [-0.2, 0) is 0 Å². The Kier molecular flexibility index (Phi) is 5.90. The molecular formula is C14H15F4NO3. The lowest BCUT2D eigenvalue weighted by Crippen LogP contribution is -2.40. The zero-order valence-electron chi connectivity index (χ0n) is 11.8. The largest absolute Gasteiger partial charge is 0.478 e. The first kappa shape index (κ1) is 17.9. The van der Waals surface area contributed by atoms with E-state index in [2.05, 4.69) is 0 Å². The molecule has 8 heteroatoms. The topological polar surface area (TPSA) is 57.6 Å². The molecule has 0 unspecified atom stereocenters. The van der Waals surface area contributed by atoms with Crippen LogP contribution in [0.3, 0.4) is 0 Å². The molecule has 1 aromatic carbocycles. The summed E-state index contributed by atoms with van der Waals surface area (Å²) in [6.45, 7) is 0.111. The molecule has 0 heterocycles. The van der Waals surface area contributed by atoms with E-state index in [4.69, 9.17) is 5.11 Å². The molecule has 4 nitrogen and oxygen atoms in total. The van der Waals surface area contributed by atoms with Crippen LogP contribution in [0.15, 0.2) is 18.2 Å². The van der Waals surface area contributed by atoms with Crippen LogP contribution in [0.25, 0.3) is 0 Å². The van der Waals surface area contributed by atoms with E-state index in [1.54, 1.807) is 6.92 Å². The number of carboxylic acids is 1. The van der Waals surface area contributed by atoms with Crippen molar-refractivity contribution in [3.63, 3.8) is 0 Å². The minimum Gasteiger partial charge on any atom is -0.478 e. The highest BCUT2D eigenvalue weighted by Gasteiger charge is 2.33. The highest BCUT2D eigenvalue weighted by molar-refractivity contribution is 5.96. The van der Waals surface area contributed by atoms with Crippen LogP contribution < -0.4 is 0 Å². The number of halogens is 4. The van der Waals surface area contributed by atoms with E-state index in [0.717, 1.165) is 12.1 Å². The van der Waals surface area contributed by atoms with Gasteiger partial charge < -0.3 is 10.0 Å². The minimum atomic E-state index is -4.60. The summed E-state index contributed by atoms with van der Waals surface area (Å²) in [5, 5.41) is 8.71. The average molecular weight is 321 g/mol. The van der Waals surface area contributed by atoms with E-state index in [-0.39, 0.29) is 12.1 Å². The van der Waals surface area contributed by atoms with Crippen LogP contribution in [0.1, 0.15) is 40.5 Å². The van der Waals surface area contributed by atoms with Gasteiger partial charge in [0, 0.05) is 6.54 Å². The Bertz CT molecular complexity index is 558. The summed E-state index contributed by atoms with van der Waals surface area (Å²) in [4.78, 5) is 23.3. The maximum atomic E-state index is 13.8. The number of benzene rings is 1. The Morgan fingerprint density at radius 1 is 1.27 bits per heavy atom. The fourth-order valence-electron chi connectivity index (χ4n) is 1.81. The van der Waals surface area contributed by atoms with Crippen molar-refractivity contribution in [2.24, 2.45) is 0 Å². The second kappa shape index (κ2) is 7.24. The normalized spacial score (nSPS) is 11.3. The van der Waals surface area contributed by atoms with E-state index in [1.165, 1.54) is 0 Å². The van der Waals surface area contributed by atoms with Gasteiger partial charge in [-0.1, -0.05) is 13.3 Å². The Hall–Kier alpha value is -2.12. The van der Waals surface area contributed by atoms with Crippen molar-refractivity contribution in [2.75, 3.05) is 13.1 Å². The molecule has 0 atom stereocenters. The maximum absolute atomic E-state index is 13.8. The van der Waals surface area contributed by atoms with Crippen LogP contribution in [0, 0.1) is 5.82 Å². The van der Waals surface area contributed by atoms with Crippen molar-refractivity contribution in [2.45, 2.75) is 25.9 Å². The molecule has 0 spiro atoms. The highest BCUT2D eigenvalue weighted by Crippen LogP contribution is 2.20. The van der Waals surface area contributed by atoms with E-state index in [1.807, 2.05) is 0 Å². The van der Waals surface area contributed by atoms with Gasteiger partial charge in [-0.3, -0.25) is 4.79 Å². The van der Waals surface area contributed by atoms with Crippen molar-refractivity contribution in [1.29, 1.82) is 0 Å². The summed E-state index contributed by atoms with van der Waals surface area (Å²) in [7, 11) is 0. The molecule has 22 heavy (non-hydrogen) atoms. The van der Waals surface area contributed by atoms with Crippen LogP contribution in [0.2, 0.25) is 0 Å². The molecule has 122 valence electrons. The van der Waals surface area contributed by atoms with Crippen LogP contribution in [0.5, 0.6) is 0 Å². The fourth-order valence-corrected chi connectivity index (χ4v) is 1.81. The van der Waals surface area contributed by atoms with Gasteiger partial charge in [-0.05, 0) is 24.6 Å². The van der Waals surface area contributed by atoms with Gasteiger partial charge >= 0.3 is 12.1 Å². The highest BCUT2D eigenvalue weighted by atomic mass is 19.4. The number of amides is 1. The number of rotatable bonds is 6. The number of aromatic carboxylic acids is 1. The van der Waals surface area contributed by atoms with Gasteiger partial charge in [0.15, 0.2) is 0 Å². The number of hydrogen-bond donors (Lipinski definition) is 1. The monoisotopic (exact) mass is 321 g/mol. The molecule has 0 aliphatic carbocycles. The first-order valence-electron chi connectivity index (χ1n) is 6.54. The van der Waals surface area contributed by atoms with Gasteiger partial charge in [-0.15, -0.1) is 0 Å². The van der Waals surface area contributed by atoms with Crippen LogP contribution in [-0.4, -0.2) is 41.1 Å². The molecule has 1 rings (SSSR count). The van der Waals surface area contributed by atoms with Crippen molar-refractivity contribution in [1.82, 2.24) is 4.90 Å². The lowest BCUT2D eigenvalue weighted by Gasteiger charge is -2.24. The molecule has 0 aromatic heterocycles. The second-order valence-electron chi connectivity index (χ2n) is 4.70. The van der Waals surface area contributed by atoms with Gasteiger partial charge in [0.1, 0.15) is 12.4 Å². The molecule has 0 aliphatic rings. The fraction of sp³-hybridized carbons (Fsp3) is 0.429. The zero-order chi connectivity index (χ0) is 16.9. The predicted octanol–water partition coefficient (Wildman–Crippen LogP) is 3.33. The lowest BCUT2D eigenvalue weighted by atomic mass is 10.1. The van der Waals surface area contributed by atoms with Crippen molar-refractivity contribution >= 4 is 11.9 Å². The molecule has 0 aliphatic heterocycles. The lowest BCUT2D eigenvalue weighted by molar-refractivity contribution is -0.140. The number of carboxylic acid groups (broad SMARTS) is 1. The van der Waals surface area contributed by atoms with Crippen molar-refractivity contribution in [3.8, 4) is 0 Å². The van der Waals surface area contributed by atoms with Gasteiger partial charge in [0.2, 0.25) is 0 Å². The number of nitrogens with zero attached hydrogens (tertiary/aromatic N) is 1. The van der Waals surface area contributed by atoms with Crippen LogP contribution in [0.4, 0.5) is 17.6 Å². The third-order valence-corrected chi connectivity index (χ3v) is 2.89. The van der Waals surface area contributed by atoms with Gasteiger partial charge in [0.25, 0.3) is 5.91 Å². The summed E-state index contributed by atoms with van der Waals surface area (Å²) >= 11 is 0. The SMILES string of the molecule is CCCCN(CC(F)(F)F)C(=O)c1ccc(C(=O)O)cc1F. The molecule has 1 amide bonds. The third kappa shape index (κ3) is 5.01. The summed E-state index contributed by atoms with van der Waals surface area (Å²) < 4.78 is 51.3. The third-order valence-electron chi connectivity index (χ3n) is 2.89. The average Bonchev–Trinajstić information content (AvgIpc) is 2.41. The molecule has 1 aromatic rings. The Labute approximate surface area is 124 Å². The standard InChI is InChI=1S/C14H15F4NO3/c1-2-3-6-19(8-14(16,17)18)12(20)10-5-4-9(13(21)22)7-11(10)15/h4-5,7H,2-3,6,8H2,1H3,(H,21,22). The molecule has 1 N–H and O–H groups in total. The van der Waals surface area contributed by atoms with Gasteiger partial charge in [-0.25, -0.2) is 9.18 Å². The summed E-state index contributed by atoms with van der Waals surface area (Å²) in [6, 6.07) is 2.47. The number of unbranched alkanes of at least 4 members (excludes halogenated alkanes) is 1. The first-order valence-corrected chi connectivity index (χ1v) is 6.54.